The van der Waals surface area contributed by atoms with Crippen molar-refractivity contribution in [3.05, 3.63) is 78.9 Å². The lowest BCUT2D eigenvalue weighted by Gasteiger charge is -2.18. The number of carbonyl (C=O) groups excluding carboxylic acids is 1. The summed E-state index contributed by atoms with van der Waals surface area (Å²) in [6.45, 7) is -0.327. The van der Waals surface area contributed by atoms with Crippen LogP contribution in [0.5, 0.6) is 11.5 Å². The SMILES string of the molecule is CSc1ccc(S(=O)(=O)N(C)CC(=O)Nc2ccccc2Oc2ccccc2)cc1. The number of nitrogens with zero attached hydrogens (tertiary/aromatic N) is 1. The van der Waals surface area contributed by atoms with Crippen LogP contribution in [0, 0.1) is 0 Å². The van der Waals surface area contributed by atoms with E-state index in [0.717, 1.165) is 9.20 Å². The fourth-order valence-electron chi connectivity index (χ4n) is 2.68. The molecule has 3 aromatic carbocycles. The number of carbonyl (C=O) groups is 1. The molecule has 0 spiro atoms. The number of rotatable bonds is 8. The summed E-state index contributed by atoms with van der Waals surface area (Å²) in [6, 6.07) is 22.7. The van der Waals surface area contributed by atoms with Gasteiger partial charge in [-0.3, -0.25) is 4.79 Å². The van der Waals surface area contributed by atoms with E-state index in [1.165, 1.54) is 18.8 Å². The highest BCUT2D eigenvalue weighted by atomic mass is 32.2. The van der Waals surface area contributed by atoms with E-state index < -0.39 is 15.9 Å². The molecule has 0 atom stereocenters. The molecule has 0 aliphatic heterocycles. The molecule has 0 fully saturated rings. The predicted molar refractivity (Wildman–Crippen MR) is 120 cm³/mol. The number of hydrogen-bond donors (Lipinski definition) is 1. The number of amides is 1. The van der Waals surface area contributed by atoms with E-state index in [1.807, 2.05) is 24.5 Å². The van der Waals surface area contributed by atoms with Gasteiger partial charge in [0.1, 0.15) is 5.75 Å². The lowest BCUT2D eigenvalue weighted by Crippen LogP contribution is -2.35. The monoisotopic (exact) mass is 442 g/mol. The number of benzene rings is 3. The van der Waals surface area contributed by atoms with Crippen LogP contribution in [0.1, 0.15) is 0 Å². The Bertz CT molecular complexity index is 1100. The van der Waals surface area contributed by atoms with E-state index in [4.69, 9.17) is 4.74 Å². The summed E-state index contributed by atoms with van der Waals surface area (Å²) in [7, 11) is -2.40. The molecule has 0 heterocycles. The Kier molecular flexibility index (Phi) is 7.15. The van der Waals surface area contributed by atoms with Crippen LogP contribution in [0.3, 0.4) is 0 Å². The lowest BCUT2D eigenvalue weighted by atomic mass is 10.3. The molecule has 0 aliphatic rings. The van der Waals surface area contributed by atoms with Crippen LogP contribution in [0.4, 0.5) is 5.69 Å². The van der Waals surface area contributed by atoms with Crippen LogP contribution >= 0.6 is 11.8 Å². The van der Waals surface area contributed by atoms with Gasteiger partial charge in [-0.05, 0) is 54.8 Å². The molecule has 30 heavy (non-hydrogen) atoms. The van der Waals surface area contributed by atoms with Gasteiger partial charge in [0.05, 0.1) is 17.1 Å². The average molecular weight is 443 g/mol. The van der Waals surface area contributed by atoms with E-state index in [2.05, 4.69) is 5.32 Å². The maximum atomic E-state index is 12.7. The molecule has 0 saturated carbocycles. The minimum absolute atomic E-state index is 0.142. The topological polar surface area (TPSA) is 75.7 Å². The Balaban J connectivity index is 1.69. The summed E-state index contributed by atoms with van der Waals surface area (Å²) >= 11 is 1.53. The van der Waals surface area contributed by atoms with Crippen molar-refractivity contribution in [2.24, 2.45) is 0 Å². The van der Waals surface area contributed by atoms with Crippen molar-refractivity contribution in [1.29, 1.82) is 0 Å². The van der Waals surface area contributed by atoms with Gasteiger partial charge in [-0.2, -0.15) is 4.31 Å². The molecule has 8 heteroatoms. The standard InChI is InChI=1S/C22H22N2O4S2/c1-24(30(26,27)19-14-12-18(29-2)13-15-19)16-22(25)23-20-10-6-7-11-21(20)28-17-8-4-3-5-9-17/h3-15H,16H2,1-2H3,(H,23,25). The molecule has 0 unspecified atom stereocenters. The molecule has 156 valence electrons. The zero-order valence-corrected chi connectivity index (χ0v) is 18.2. The van der Waals surface area contributed by atoms with E-state index in [-0.39, 0.29) is 11.4 Å². The number of para-hydroxylation sites is 3. The van der Waals surface area contributed by atoms with Crippen LogP contribution in [-0.4, -0.2) is 38.5 Å². The minimum Gasteiger partial charge on any atom is -0.455 e. The molecule has 3 aromatic rings. The molecular weight excluding hydrogens is 420 g/mol. The smallest absolute Gasteiger partial charge is 0.243 e. The third-order valence-electron chi connectivity index (χ3n) is 4.27. The predicted octanol–water partition coefficient (Wildman–Crippen LogP) is 4.46. The highest BCUT2D eigenvalue weighted by Crippen LogP contribution is 2.29. The highest BCUT2D eigenvalue weighted by Gasteiger charge is 2.23. The average Bonchev–Trinajstić information content (AvgIpc) is 2.75. The third kappa shape index (κ3) is 5.41. The number of sulfonamides is 1. The van der Waals surface area contributed by atoms with Gasteiger partial charge in [0.25, 0.3) is 0 Å². The van der Waals surface area contributed by atoms with Crippen molar-refractivity contribution in [2.45, 2.75) is 9.79 Å². The summed E-state index contributed by atoms with van der Waals surface area (Å²) in [5, 5.41) is 2.73. The molecule has 0 aliphatic carbocycles. The van der Waals surface area contributed by atoms with Crippen molar-refractivity contribution in [2.75, 3.05) is 25.2 Å². The molecule has 6 nitrogen and oxygen atoms in total. The summed E-state index contributed by atoms with van der Waals surface area (Å²) < 4.78 is 32.3. The zero-order valence-electron chi connectivity index (χ0n) is 16.6. The molecule has 0 aromatic heterocycles. The van der Waals surface area contributed by atoms with Gasteiger partial charge < -0.3 is 10.1 Å². The fourth-order valence-corrected chi connectivity index (χ4v) is 4.21. The quantitative estimate of drug-likeness (QED) is 0.521. The Morgan fingerprint density at radius 2 is 1.60 bits per heavy atom. The Morgan fingerprint density at radius 1 is 0.967 bits per heavy atom. The zero-order chi connectivity index (χ0) is 21.6. The fraction of sp³-hybridized carbons (Fsp3) is 0.136. The van der Waals surface area contributed by atoms with Crippen molar-refractivity contribution in [1.82, 2.24) is 4.31 Å². The molecular formula is C22H22N2O4S2. The van der Waals surface area contributed by atoms with E-state index in [1.54, 1.807) is 60.7 Å². The number of hydrogen-bond acceptors (Lipinski definition) is 5. The Labute approximate surface area is 180 Å². The number of likely N-dealkylation sites (N-methyl/N-ethyl adjacent to an activating group) is 1. The van der Waals surface area contributed by atoms with E-state index in [0.29, 0.717) is 17.2 Å². The van der Waals surface area contributed by atoms with E-state index >= 15 is 0 Å². The number of nitrogens with one attached hydrogen (secondary N) is 1. The van der Waals surface area contributed by atoms with E-state index in [9.17, 15) is 13.2 Å². The Morgan fingerprint density at radius 3 is 2.27 bits per heavy atom. The summed E-state index contributed by atoms with van der Waals surface area (Å²) in [6.07, 6.45) is 1.92. The first-order valence-electron chi connectivity index (χ1n) is 9.12. The van der Waals surface area contributed by atoms with Gasteiger partial charge in [0.2, 0.25) is 15.9 Å². The number of thioether (sulfide) groups is 1. The minimum atomic E-state index is -3.78. The van der Waals surface area contributed by atoms with Crippen molar-refractivity contribution >= 4 is 33.4 Å². The number of ether oxygens (including phenoxy) is 1. The second-order valence-electron chi connectivity index (χ2n) is 6.40. The molecule has 1 N–H and O–H groups in total. The van der Waals surface area contributed by atoms with Crippen molar-refractivity contribution in [3.63, 3.8) is 0 Å². The Hall–Kier alpha value is -2.81. The molecule has 0 saturated heterocycles. The summed E-state index contributed by atoms with van der Waals surface area (Å²) in [5.41, 5.74) is 0.460. The maximum absolute atomic E-state index is 12.7. The van der Waals surface area contributed by atoms with Crippen LogP contribution in [0.15, 0.2) is 88.7 Å². The first-order valence-corrected chi connectivity index (χ1v) is 11.8. The normalized spacial score (nSPS) is 11.3. The maximum Gasteiger partial charge on any atom is 0.243 e. The van der Waals surface area contributed by atoms with Crippen molar-refractivity contribution < 1.29 is 17.9 Å². The van der Waals surface area contributed by atoms with Crippen LogP contribution < -0.4 is 10.1 Å². The second kappa shape index (κ2) is 9.80. The molecule has 0 bridgehead atoms. The summed E-state index contributed by atoms with van der Waals surface area (Å²) in [5.74, 6) is 0.633. The summed E-state index contributed by atoms with van der Waals surface area (Å²) in [4.78, 5) is 13.6. The van der Waals surface area contributed by atoms with Gasteiger partial charge in [-0.25, -0.2) is 8.42 Å². The highest BCUT2D eigenvalue weighted by molar-refractivity contribution is 7.98. The van der Waals surface area contributed by atoms with Gasteiger partial charge in [-0.15, -0.1) is 11.8 Å². The first kappa shape index (κ1) is 21.9. The van der Waals surface area contributed by atoms with Crippen LogP contribution in [0.25, 0.3) is 0 Å². The molecule has 3 rings (SSSR count). The molecule has 1 amide bonds. The lowest BCUT2D eigenvalue weighted by molar-refractivity contribution is -0.116. The molecule has 0 radical (unpaired) electrons. The van der Waals surface area contributed by atoms with Gasteiger partial charge >= 0.3 is 0 Å². The largest absolute Gasteiger partial charge is 0.455 e. The second-order valence-corrected chi connectivity index (χ2v) is 9.32. The first-order chi connectivity index (χ1) is 14.4. The van der Waals surface area contributed by atoms with Crippen LogP contribution in [-0.2, 0) is 14.8 Å². The number of anilines is 1. The van der Waals surface area contributed by atoms with Gasteiger partial charge in [0, 0.05) is 11.9 Å². The van der Waals surface area contributed by atoms with Gasteiger partial charge in [-0.1, -0.05) is 30.3 Å². The van der Waals surface area contributed by atoms with Crippen LogP contribution in [0.2, 0.25) is 0 Å². The van der Waals surface area contributed by atoms with Crippen molar-refractivity contribution in [3.8, 4) is 11.5 Å². The van der Waals surface area contributed by atoms with Gasteiger partial charge in [0.15, 0.2) is 5.75 Å². The third-order valence-corrected chi connectivity index (χ3v) is 6.83.